The van der Waals surface area contributed by atoms with Crippen LogP contribution in [0.25, 0.3) is 0 Å². The Labute approximate surface area is 222 Å². The molecule has 0 spiro atoms. The molecule has 1 aromatic heterocycles. The first kappa shape index (κ1) is 26.8. The number of furan rings is 1. The highest BCUT2D eigenvalue weighted by Crippen LogP contribution is 2.39. The Bertz CT molecular complexity index is 1330. The van der Waals surface area contributed by atoms with E-state index in [2.05, 4.69) is 49.2 Å². The number of halogens is 1. The number of amidine groups is 2. The van der Waals surface area contributed by atoms with Crippen LogP contribution in [0, 0.1) is 5.92 Å². The first-order valence-electron chi connectivity index (χ1n) is 11.6. The van der Waals surface area contributed by atoms with Gasteiger partial charge >= 0.3 is 0 Å². The van der Waals surface area contributed by atoms with Crippen molar-refractivity contribution in [1.82, 2.24) is 9.62 Å². The maximum atomic E-state index is 12.8. The number of sulfonamides is 1. The molecule has 2 aromatic rings. The van der Waals surface area contributed by atoms with Gasteiger partial charge in [0.1, 0.15) is 10.7 Å². The molecule has 0 amide bonds. The maximum absolute atomic E-state index is 12.8. The van der Waals surface area contributed by atoms with Gasteiger partial charge in [0.05, 0.1) is 18.0 Å². The summed E-state index contributed by atoms with van der Waals surface area (Å²) in [6, 6.07) is 4.85. The van der Waals surface area contributed by atoms with Crippen molar-refractivity contribution in [3.63, 3.8) is 0 Å². The summed E-state index contributed by atoms with van der Waals surface area (Å²) in [5, 5.41) is 17.1. The van der Waals surface area contributed by atoms with Crippen LogP contribution in [-0.2, 0) is 21.2 Å². The first-order valence-corrected chi connectivity index (χ1v) is 14.9. The largest absolute Gasteiger partial charge is 0.504 e. The summed E-state index contributed by atoms with van der Waals surface area (Å²) >= 11 is 1.34. The van der Waals surface area contributed by atoms with Gasteiger partial charge in [-0.2, -0.15) is 0 Å². The number of rotatable bonds is 7. The van der Waals surface area contributed by atoms with E-state index in [-0.39, 0.29) is 32.8 Å². The highest BCUT2D eigenvalue weighted by molar-refractivity contribution is 9.10. The predicted molar refractivity (Wildman–Crippen MR) is 144 cm³/mol. The predicted octanol–water partition coefficient (Wildman–Crippen LogP) is 4.44. The molecule has 1 aromatic carbocycles. The van der Waals surface area contributed by atoms with Crippen LogP contribution in [0.15, 0.2) is 47.0 Å². The number of aromatic hydroxyl groups is 1. The minimum atomic E-state index is -3.95. The van der Waals surface area contributed by atoms with E-state index in [0.717, 1.165) is 41.3 Å². The fraction of sp³-hybridized carbons (Fsp3) is 0.478. The minimum Gasteiger partial charge on any atom is -0.504 e. The third-order valence-corrected chi connectivity index (χ3v) is 9.91. The van der Waals surface area contributed by atoms with Gasteiger partial charge in [0.15, 0.2) is 17.4 Å². The van der Waals surface area contributed by atoms with E-state index in [1.165, 1.54) is 26.2 Å². The Morgan fingerprint density at radius 2 is 1.86 bits per heavy atom. The van der Waals surface area contributed by atoms with Crippen molar-refractivity contribution in [2.45, 2.75) is 56.4 Å². The number of nitrogens with one attached hydrogen (secondary N) is 2. The molecule has 10 nitrogen and oxygen atoms in total. The summed E-state index contributed by atoms with van der Waals surface area (Å²) in [6.07, 6.45) is 6.04. The molecule has 2 aliphatic rings. The van der Waals surface area contributed by atoms with Crippen molar-refractivity contribution in [3.8, 4) is 5.75 Å². The van der Waals surface area contributed by atoms with Crippen LogP contribution in [0.3, 0.4) is 0 Å². The number of nitrogens with zero attached hydrogens (tertiary/aromatic N) is 3. The van der Waals surface area contributed by atoms with Crippen LogP contribution in [0.5, 0.6) is 5.75 Å². The average molecular weight is 601 g/mol. The molecule has 1 aliphatic heterocycles. The summed E-state index contributed by atoms with van der Waals surface area (Å²) in [6.45, 7) is 4.20. The van der Waals surface area contributed by atoms with Crippen LogP contribution >= 0.6 is 15.9 Å². The maximum Gasteiger partial charge on any atom is 0.269 e. The van der Waals surface area contributed by atoms with Gasteiger partial charge in [-0.05, 0) is 64.4 Å². The van der Waals surface area contributed by atoms with Crippen molar-refractivity contribution in [1.29, 1.82) is 0 Å². The molecule has 1 unspecified atom stereocenters. The van der Waals surface area contributed by atoms with Crippen molar-refractivity contribution in [2.75, 3.05) is 19.4 Å². The van der Waals surface area contributed by atoms with E-state index < -0.39 is 26.9 Å². The average Bonchev–Trinajstić information content (AvgIpc) is 3.55. The van der Waals surface area contributed by atoms with Crippen molar-refractivity contribution in [2.24, 2.45) is 14.7 Å². The van der Waals surface area contributed by atoms with E-state index in [4.69, 9.17) is 4.42 Å². The molecule has 0 bridgehead atoms. The topological polar surface area (TPSA) is 137 Å². The van der Waals surface area contributed by atoms with E-state index in [1.54, 1.807) is 6.26 Å². The second-order valence-corrected chi connectivity index (χ2v) is 13.2. The fourth-order valence-corrected chi connectivity index (χ4v) is 6.93. The first-order chi connectivity index (χ1) is 17.0. The lowest BCUT2D eigenvalue weighted by Gasteiger charge is -2.24. The lowest BCUT2D eigenvalue weighted by atomic mass is 9.94. The summed E-state index contributed by atoms with van der Waals surface area (Å²) in [5.74, 6) is 1.29. The molecule has 1 saturated carbocycles. The number of hydrogen-bond donors (Lipinski definition) is 3. The number of phenols is 1. The normalized spacial score (nSPS) is 19.6. The molecule has 13 heteroatoms. The van der Waals surface area contributed by atoms with Crippen molar-refractivity contribution < 1.29 is 22.2 Å². The van der Waals surface area contributed by atoms with Crippen LogP contribution < -0.4 is 10.6 Å². The second-order valence-electron chi connectivity index (χ2n) is 9.40. The van der Waals surface area contributed by atoms with E-state index in [9.17, 15) is 17.7 Å². The number of benzene rings is 1. The molecule has 196 valence electrons. The van der Waals surface area contributed by atoms with Gasteiger partial charge in [-0.1, -0.05) is 26.7 Å². The van der Waals surface area contributed by atoms with E-state index >= 15 is 0 Å². The summed E-state index contributed by atoms with van der Waals surface area (Å²) in [7, 11) is -1.20. The van der Waals surface area contributed by atoms with Gasteiger partial charge in [-0.25, -0.2) is 16.9 Å². The van der Waals surface area contributed by atoms with Crippen LogP contribution in [0.4, 0.5) is 5.69 Å². The minimum absolute atomic E-state index is 0.0864. The third-order valence-electron chi connectivity index (χ3n) is 6.41. The van der Waals surface area contributed by atoms with E-state index in [0.29, 0.717) is 11.8 Å². The van der Waals surface area contributed by atoms with Crippen molar-refractivity contribution in [3.05, 3.63) is 40.3 Å². The molecule has 0 radical (unpaired) electrons. The summed E-state index contributed by atoms with van der Waals surface area (Å²) in [4.78, 5) is -0.288. The zero-order chi connectivity index (χ0) is 26.2. The third kappa shape index (κ3) is 5.38. The number of anilines is 1. The molecular formula is C23H30BrN5O5S2. The molecule has 1 aliphatic carbocycles. The van der Waals surface area contributed by atoms with Crippen LogP contribution in [0.2, 0.25) is 0 Å². The highest BCUT2D eigenvalue weighted by Gasteiger charge is 2.33. The van der Waals surface area contributed by atoms with Gasteiger partial charge < -0.3 is 20.2 Å². The van der Waals surface area contributed by atoms with Gasteiger partial charge in [-0.3, -0.25) is 0 Å². The molecule has 4 rings (SSSR count). The quantitative estimate of drug-likeness (QED) is 0.400. The van der Waals surface area contributed by atoms with Gasteiger partial charge in [0.25, 0.3) is 11.2 Å². The Morgan fingerprint density at radius 1 is 1.19 bits per heavy atom. The molecule has 36 heavy (non-hydrogen) atoms. The molecule has 0 saturated heterocycles. The summed E-state index contributed by atoms with van der Waals surface area (Å²) in [5.41, 5.74) is 1.18. The molecule has 2 atom stereocenters. The zero-order valence-electron chi connectivity index (χ0n) is 20.5. The Morgan fingerprint density at radius 3 is 2.47 bits per heavy atom. The molecule has 2 heterocycles. The van der Waals surface area contributed by atoms with Crippen LogP contribution in [0.1, 0.15) is 62.8 Å². The Hall–Kier alpha value is -2.22. The number of hydrogen-bond acceptors (Lipinski definition) is 7. The second kappa shape index (κ2) is 10.6. The SMILES string of the molecule is CC(C)c1coc([C@H](NC2=NS(=O)N=C2Nc2ccc(Br)c(S(=O)(=O)N(C)C)c2O)C2CCCC2)c1. The van der Waals surface area contributed by atoms with Gasteiger partial charge in [0, 0.05) is 18.6 Å². The van der Waals surface area contributed by atoms with E-state index in [1.807, 2.05) is 6.07 Å². The number of phenolic OH excluding ortho intramolecular Hbond substituents is 1. The van der Waals surface area contributed by atoms with Gasteiger partial charge in [0.2, 0.25) is 10.0 Å². The van der Waals surface area contributed by atoms with Crippen molar-refractivity contribution >= 4 is 54.5 Å². The Balaban J connectivity index is 1.64. The smallest absolute Gasteiger partial charge is 0.269 e. The standard InChI is InChI=1S/C23H30BrN5O5S2/c1-13(2)15-11-18(34-12-15)19(14-7-5-6-8-14)26-23-22(27-35(31)28-23)25-17-10-9-16(24)21(20(17)30)36(32,33)29(3)4/h9-14,19,30H,5-8H2,1-4H3,(H,25,27)(H,26,28)/t19-,35?/m1/s1. The summed E-state index contributed by atoms with van der Waals surface area (Å²) < 4.78 is 53.2. The lowest BCUT2D eigenvalue weighted by Crippen LogP contribution is -2.39. The molecular weight excluding hydrogens is 570 g/mol. The highest BCUT2D eigenvalue weighted by atomic mass is 79.9. The molecule has 3 N–H and O–H groups in total. The fourth-order valence-electron chi connectivity index (χ4n) is 4.34. The van der Waals surface area contributed by atoms with Crippen LogP contribution in [-0.4, -0.2) is 47.8 Å². The van der Waals surface area contributed by atoms with Gasteiger partial charge in [-0.15, -0.1) is 8.80 Å². The Kier molecular flexibility index (Phi) is 7.93. The zero-order valence-corrected chi connectivity index (χ0v) is 23.7. The molecule has 1 fully saturated rings. The monoisotopic (exact) mass is 599 g/mol. The lowest BCUT2D eigenvalue weighted by molar-refractivity contribution is 0.345.